The predicted molar refractivity (Wildman–Crippen MR) is 83.8 cm³/mol. The molecule has 2 nitrogen and oxygen atoms in total. The van der Waals surface area contributed by atoms with Crippen molar-refractivity contribution in [1.29, 1.82) is 0 Å². The van der Waals surface area contributed by atoms with Crippen LogP contribution in [0.4, 0.5) is 5.69 Å². The van der Waals surface area contributed by atoms with E-state index in [0.717, 1.165) is 0 Å². The van der Waals surface area contributed by atoms with Crippen LogP contribution in [-0.2, 0) is 6.42 Å². The van der Waals surface area contributed by atoms with Crippen molar-refractivity contribution in [2.45, 2.75) is 52.0 Å². The first kappa shape index (κ1) is 14.4. The molecule has 0 amide bonds. The molecular weight excluding hydrogens is 232 g/mol. The van der Waals surface area contributed by atoms with Gasteiger partial charge in [-0.3, -0.25) is 0 Å². The summed E-state index contributed by atoms with van der Waals surface area (Å²) in [6.45, 7) is 8.17. The summed E-state index contributed by atoms with van der Waals surface area (Å²) in [6.07, 6.45) is 6.32. The van der Waals surface area contributed by atoms with Crippen LogP contribution >= 0.6 is 0 Å². The first-order valence-electron chi connectivity index (χ1n) is 7.89. The summed E-state index contributed by atoms with van der Waals surface area (Å²) in [4.78, 5) is 2.53. The van der Waals surface area contributed by atoms with Crippen molar-refractivity contribution in [3.05, 3.63) is 29.8 Å². The highest BCUT2D eigenvalue weighted by Crippen LogP contribution is 2.17. The van der Waals surface area contributed by atoms with E-state index in [1.807, 2.05) is 0 Å². The highest BCUT2D eigenvalue weighted by atomic mass is 15.1. The van der Waals surface area contributed by atoms with Gasteiger partial charge in [-0.25, -0.2) is 0 Å². The summed E-state index contributed by atoms with van der Waals surface area (Å²) in [5, 5.41) is 3.68. The Bertz CT molecular complexity index is 350. The molecule has 0 aromatic heterocycles. The van der Waals surface area contributed by atoms with E-state index in [0.29, 0.717) is 6.04 Å². The Kier molecular flexibility index (Phi) is 5.71. The Morgan fingerprint density at radius 3 is 2.37 bits per heavy atom. The second-order valence-corrected chi connectivity index (χ2v) is 5.65. The fourth-order valence-electron chi connectivity index (χ4n) is 2.78. The van der Waals surface area contributed by atoms with Crippen LogP contribution in [0.2, 0.25) is 0 Å². The zero-order chi connectivity index (χ0) is 13.5. The maximum absolute atomic E-state index is 3.68. The monoisotopic (exact) mass is 260 g/mol. The van der Waals surface area contributed by atoms with Crippen molar-refractivity contribution in [3.63, 3.8) is 0 Å². The molecule has 1 aliphatic rings. The number of piperidine rings is 1. The van der Waals surface area contributed by atoms with Crippen molar-refractivity contribution >= 4 is 5.69 Å². The van der Waals surface area contributed by atoms with E-state index >= 15 is 0 Å². The first-order chi connectivity index (χ1) is 9.31. The van der Waals surface area contributed by atoms with Crippen LogP contribution in [0.25, 0.3) is 0 Å². The van der Waals surface area contributed by atoms with E-state index in [9.17, 15) is 0 Å². The quantitative estimate of drug-likeness (QED) is 0.834. The minimum absolute atomic E-state index is 0.657. The first-order valence-corrected chi connectivity index (χ1v) is 7.89. The van der Waals surface area contributed by atoms with E-state index < -0.39 is 0 Å². The van der Waals surface area contributed by atoms with E-state index in [-0.39, 0.29) is 0 Å². The lowest BCUT2D eigenvalue weighted by Gasteiger charge is -2.32. The van der Waals surface area contributed by atoms with Gasteiger partial charge in [0, 0.05) is 24.8 Å². The molecule has 0 bridgehead atoms. The predicted octanol–water partition coefficient (Wildman–Crippen LogP) is 3.93. The molecule has 1 aromatic rings. The van der Waals surface area contributed by atoms with Crippen LogP contribution in [0.15, 0.2) is 24.3 Å². The van der Waals surface area contributed by atoms with Crippen LogP contribution < -0.4 is 5.32 Å². The number of likely N-dealkylation sites (tertiary alicyclic amines) is 1. The van der Waals surface area contributed by atoms with Crippen molar-refractivity contribution in [2.75, 3.05) is 25.0 Å². The molecule has 0 saturated carbocycles. The van der Waals surface area contributed by atoms with Crippen LogP contribution in [0.1, 0.15) is 45.1 Å². The summed E-state index contributed by atoms with van der Waals surface area (Å²) >= 11 is 0. The van der Waals surface area contributed by atoms with Gasteiger partial charge < -0.3 is 10.2 Å². The third kappa shape index (κ3) is 4.54. The molecule has 1 N–H and O–H groups in total. The number of nitrogens with one attached hydrogen (secondary N) is 1. The fourth-order valence-corrected chi connectivity index (χ4v) is 2.78. The maximum atomic E-state index is 3.68. The smallest absolute Gasteiger partial charge is 0.0342 e. The Labute approximate surface area is 118 Å². The Morgan fingerprint density at radius 1 is 1.11 bits per heavy atom. The molecule has 2 rings (SSSR count). The van der Waals surface area contributed by atoms with Gasteiger partial charge in [-0.2, -0.15) is 0 Å². The topological polar surface area (TPSA) is 15.3 Å². The molecule has 2 heteroatoms. The normalized spacial score (nSPS) is 17.6. The van der Waals surface area contributed by atoms with Crippen molar-refractivity contribution in [1.82, 2.24) is 4.90 Å². The minimum atomic E-state index is 0.657. The molecule has 0 radical (unpaired) electrons. The largest absolute Gasteiger partial charge is 0.382 e. The third-order valence-corrected chi connectivity index (χ3v) is 4.18. The number of hydrogen-bond acceptors (Lipinski definition) is 2. The molecule has 1 saturated heterocycles. The average molecular weight is 260 g/mol. The molecule has 0 aliphatic carbocycles. The van der Waals surface area contributed by atoms with Crippen molar-refractivity contribution in [3.8, 4) is 0 Å². The molecule has 1 fully saturated rings. The minimum Gasteiger partial charge on any atom is -0.382 e. The lowest BCUT2D eigenvalue weighted by molar-refractivity contribution is 0.229. The number of nitrogens with zero attached hydrogens (tertiary/aromatic N) is 1. The van der Waals surface area contributed by atoms with Gasteiger partial charge in [0.15, 0.2) is 0 Å². The fraction of sp³-hybridized carbons (Fsp3) is 0.647. The van der Waals surface area contributed by atoms with Gasteiger partial charge in [-0.15, -0.1) is 0 Å². The third-order valence-electron chi connectivity index (χ3n) is 4.18. The second-order valence-electron chi connectivity index (χ2n) is 5.65. The summed E-state index contributed by atoms with van der Waals surface area (Å²) in [7, 11) is 0. The second kappa shape index (κ2) is 7.54. The zero-order valence-corrected chi connectivity index (χ0v) is 12.5. The molecule has 1 heterocycles. The molecule has 19 heavy (non-hydrogen) atoms. The molecule has 0 unspecified atom stereocenters. The number of benzene rings is 1. The van der Waals surface area contributed by atoms with E-state index in [1.165, 1.54) is 63.0 Å². The highest BCUT2D eigenvalue weighted by Gasteiger charge is 2.17. The molecule has 106 valence electrons. The zero-order valence-electron chi connectivity index (χ0n) is 12.5. The van der Waals surface area contributed by atoms with Crippen LogP contribution in [0, 0.1) is 0 Å². The number of hydrogen-bond donors (Lipinski definition) is 1. The van der Waals surface area contributed by atoms with Gasteiger partial charge in [0.1, 0.15) is 0 Å². The number of anilines is 1. The van der Waals surface area contributed by atoms with Crippen LogP contribution in [0.5, 0.6) is 0 Å². The molecule has 1 aliphatic heterocycles. The maximum Gasteiger partial charge on any atom is 0.0342 e. The Hall–Kier alpha value is -1.02. The van der Waals surface area contributed by atoms with Gasteiger partial charge in [0.2, 0.25) is 0 Å². The van der Waals surface area contributed by atoms with Gasteiger partial charge in [-0.1, -0.05) is 32.4 Å². The molecular formula is C17H28N2. The van der Waals surface area contributed by atoms with Crippen molar-refractivity contribution in [2.24, 2.45) is 0 Å². The van der Waals surface area contributed by atoms with E-state index in [4.69, 9.17) is 0 Å². The highest BCUT2D eigenvalue weighted by molar-refractivity contribution is 5.45. The summed E-state index contributed by atoms with van der Waals surface area (Å²) in [6, 6.07) is 9.71. The van der Waals surface area contributed by atoms with E-state index in [2.05, 4.69) is 48.3 Å². The Morgan fingerprint density at radius 2 is 1.79 bits per heavy atom. The standard InChI is InChI=1S/C17H28N2/c1-3-5-6-15-7-9-16(10-8-15)18-17-11-13-19(4-2)14-12-17/h7-10,17-18H,3-6,11-14H2,1-2H3. The van der Waals surface area contributed by atoms with Crippen LogP contribution in [0.3, 0.4) is 0 Å². The summed E-state index contributed by atoms with van der Waals surface area (Å²) in [5.74, 6) is 0. The average Bonchev–Trinajstić information content (AvgIpc) is 2.47. The number of rotatable bonds is 6. The summed E-state index contributed by atoms with van der Waals surface area (Å²) < 4.78 is 0. The molecule has 0 atom stereocenters. The Balaban J connectivity index is 1.79. The lowest BCUT2D eigenvalue weighted by Crippen LogP contribution is -2.38. The van der Waals surface area contributed by atoms with Crippen LogP contribution in [-0.4, -0.2) is 30.6 Å². The SMILES string of the molecule is CCCCc1ccc(NC2CCN(CC)CC2)cc1. The van der Waals surface area contributed by atoms with Gasteiger partial charge >= 0.3 is 0 Å². The van der Waals surface area contributed by atoms with Gasteiger partial charge in [0.05, 0.1) is 0 Å². The number of aryl methyl sites for hydroxylation is 1. The van der Waals surface area contributed by atoms with Crippen molar-refractivity contribution < 1.29 is 0 Å². The van der Waals surface area contributed by atoms with Gasteiger partial charge in [-0.05, 0) is 49.9 Å². The van der Waals surface area contributed by atoms with E-state index in [1.54, 1.807) is 0 Å². The number of unbranched alkanes of at least 4 members (excludes halogenated alkanes) is 1. The summed E-state index contributed by atoms with van der Waals surface area (Å²) in [5.41, 5.74) is 2.75. The lowest BCUT2D eigenvalue weighted by atomic mass is 10.0. The molecule has 1 aromatic carbocycles. The molecule has 0 spiro atoms. The van der Waals surface area contributed by atoms with Gasteiger partial charge in [0.25, 0.3) is 0 Å².